The zero-order valence-electron chi connectivity index (χ0n) is 10.9. The maximum atomic E-state index is 11.6. The molecule has 1 aromatic rings. The first-order valence-electron chi connectivity index (χ1n) is 5.80. The van der Waals surface area contributed by atoms with E-state index in [2.05, 4.69) is 9.29 Å². The lowest BCUT2D eigenvalue weighted by atomic mass is 10.2. The van der Waals surface area contributed by atoms with Gasteiger partial charge >= 0.3 is 22.0 Å². The van der Waals surface area contributed by atoms with E-state index in [9.17, 15) is 19.0 Å². The third kappa shape index (κ3) is 6.01. The Morgan fingerprint density at radius 1 is 1.57 bits per heavy atom. The van der Waals surface area contributed by atoms with Crippen LogP contribution < -0.4 is 11.4 Å². The van der Waals surface area contributed by atoms with Crippen LogP contribution in [0.4, 0.5) is 5.82 Å². The zero-order chi connectivity index (χ0) is 15.9. The monoisotopic (exact) mass is 340 g/mol. The average molecular weight is 340 g/mol. The SMILES string of the molecule is Nc1ccn(C(CO)CCOCP(=O)(O)O[PH+]=O)c(=O)n1. The Balaban J connectivity index is 2.54. The molecule has 0 spiro atoms. The number of nitrogens with zero attached hydrogens (tertiary/aromatic N) is 2. The molecule has 1 aromatic heterocycles. The number of anilines is 1. The van der Waals surface area contributed by atoms with Crippen molar-refractivity contribution in [3.8, 4) is 0 Å². The van der Waals surface area contributed by atoms with Crippen LogP contribution in [0.25, 0.3) is 0 Å². The highest BCUT2D eigenvalue weighted by Gasteiger charge is 2.25. The summed E-state index contributed by atoms with van der Waals surface area (Å²) in [5, 5.41) is 9.27. The molecular formula is C9H16N3O7P2+. The van der Waals surface area contributed by atoms with Gasteiger partial charge in [-0.25, -0.2) is 4.79 Å². The first-order chi connectivity index (χ1) is 9.89. The van der Waals surface area contributed by atoms with E-state index in [1.54, 1.807) is 0 Å². The summed E-state index contributed by atoms with van der Waals surface area (Å²) in [6.45, 7) is -0.359. The van der Waals surface area contributed by atoms with Crippen LogP contribution in [-0.4, -0.2) is 39.1 Å². The summed E-state index contributed by atoms with van der Waals surface area (Å²) in [5.41, 5.74) is 4.74. The highest BCUT2D eigenvalue weighted by molar-refractivity contribution is 7.57. The molecule has 0 aliphatic heterocycles. The number of hydrogen-bond donors (Lipinski definition) is 3. The van der Waals surface area contributed by atoms with Crippen LogP contribution in [0.5, 0.6) is 0 Å². The normalized spacial score (nSPS) is 15.7. The van der Waals surface area contributed by atoms with Crippen LogP contribution in [-0.2, 0) is 18.2 Å². The molecule has 0 amide bonds. The topological polar surface area (TPSA) is 154 Å². The largest absolute Gasteiger partial charge is 0.503 e. The lowest BCUT2D eigenvalue weighted by molar-refractivity contribution is 0.126. The minimum atomic E-state index is -4.03. The molecule has 3 unspecified atom stereocenters. The molecule has 4 N–H and O–H groups in total. The number of rotatable bonds is 9. The van der Waals surface area contributed by atoms with Gasteiger partial charge in [0.2, 0.25) is 0 Å². The Bertz CT molecular complexity index is 579. The van der Waals surface area contributed by atoms with Gasteiger partial charge in [-0.15, -0.1) is 0 Å². The minimum Gasteiger partial charge on any atom is -0.394 e. The second kappa shape index (κ2) is 8.33. The minimum absolute atomic E-state index is 0.0160. The Morgan fingerprint density at radius 2 is 2.29 bits per heavy atom. The summed E-state index contributed by atoms with van der Waals surface area (Å²) in [6, 6.07) is 0.807. The van der Waals surface area contributed by atoms with Crippen LogP contribution in [0, 0.1) is 0 Å². The highest BCUT2D eigenvalue weighted by atomic mass is 31.2. The molecule has 3 atom stereocenters. The van der Waals surface area contributed by atoms with E-state index >= 15 is 0 Å². The van der Waals surface area contributed by atoms with Crippen molar-refractivity contribution in [2.75, 3.05) is 25.3 Å². The van der Waals surface area contributed by atoms with Gasteiger partial charge in [-0.2, -0.15) is 4.98 Å². The maximum absolute atomic E-state index is 11.6. The molecule has 0 bridgehead atoms. The molecular weight excluding hydrogens is 324 g/mol. The molecule has 0 radical (unpaired) electrons. The van der Waals surface area contributed by atoms with Gasteiger partial charge < -0.3 is 20.5 Å². The fourth-order valence-corrected chi connectivity index (χ4v) is 2.54. The number of hydrogen-bond acceptors (Lipinski definition) is 8. The second-order valence-electron chi connectivity index (χ2n) is 4.02. The third-order valence-corrected chi connectivity index (χ3v) is 4.43. The standard InChI is InChI=1S/C9H15N3O7P2/c10-8-1-3-12(9(14)11-8)7(5-13)2-4-18-6-21(16,17)19-20-15/h1,3,7,13,20H,2,4-6H2,(H2-,10,11,14,16,17)/p+1. The van der Waals surface area contributed by atoms with Gasteiger partial charge in [0, 0.05) is 12.8 Å². The first kappa shape index (κ1) is 17.9. The highest BCUT2D eigenvalue weighted by Crippen LogP contribution is 2.45. The number of ether oxygens (including phenoxy) is 1. The fourth-order valence-electron chi connectivity index (χ4n) is 1.51. The number of aromatic nitrogens is 2. The van der Waals surface area contributed by atoms with Crippen LogP contribution >= 0.6 is 16.3 Å². The molecule has 0 fully saturated rings. The van der Waals surface area contributed by atoms with Crippen LogP contribution in [0.15, 0.2) is 17.1 Å². The Kier molecular flexibility index (Phi) is 7.10. The van der Waals surface area contributed by atoms with Gasteiger partial charge in [0.25, 0.3) is 0 Å². The Morgan fingerprint density at radius 3 is 2.86 bits per heavy atom. The number of nitrogen functional groups attached to an aromatic ring is 1. The van der Waals surface area contributed by atoms with Gasteiger partial charge in [0.15, 0.2) is 6.35 Å². The second-order valence-corrected chi connectivity index (χ2v) is 6.45. The van der Waals surface area contributed by atoms with Crippen molar-refractivity contribution in [1.29, 1.82) is 0 Å². The predicted molar refractivity (Wildman–Crippen MR) is 74.4 cm³/mol. The van der Waals surface area contributed by atoms with E-state index in [-0.39, 0.29) is 25.5 Å². The predicted octanol–water partition coefficient (Wildman–Crippen LogP) is -0.136. The first-order valence-corrected chi connectivity index (χ1v) is 8.38. The number of aliphatic hydroxyl groups excluding tert-OH is 1. The van der Waals surface area contributed by atoms with Gasteiger partial charge in [-0.05, 0) is 17.1 Å². The summed E-state index contributed by atoms with van der Waals surface area (Å²) in [4.78, 5) is 24.2. The summed E-state index contributed by atoms with van der Waals surface area (Å²) < 4.78 is 31.5. The van der Waals surface area contributed by atoms with Gasteiger partial charge in [0.1, 0.15) is 5.82 Å². The molecule has 0 saturated heterocycles. The molecule has 1 heterocycles. The molecule has 0 aromatic carbocycles. The third-order valence-electron chi connectivity index (χ3n) is 2.49. The molecule has 21 heavy (non-hydrogen) atoms. The summed E-state index contributed by atoms with van der Waals surface area (Å²) in [7, 11) is -5.39. The molecule has 1 rings (SSSR count). The Hall–Kier alpha value is -1.15. The van der Waals surface area contributed by atoms with Crippen molar-refractivity contribution in [2.45, 2.75) is 12.5 Å². The molecule has 0 saturated carbocycles. The Labute approximate surface area is 121 Å². The van der Waals surface area contributed by atoms with Crippen molar-refractivity contribution < 1.29 is 28.2 Å². The van der Waals surface area contributed by atoms with Crippen molar-refractivity contribution in [2.24, 2.45) is 0 Å². The molecule has 118 valence electrons. The average Bonchev–Trinajstić information content (AvgIpc) is 2.40. The quantitative estimate of drug-likeness (QED) is 0.411. The van der Waals surface area contributed by atoms with Crippen molar-refractivity contribution >= 4 is 22.1 Å². The van der Waals surface area contributed by atoms with Crippen LogP contribution in [0.2, 0.25) is 0 Å². The van der Waals surface area contributed by atoms with E-state index in [0.29, 0.717) is 0 Å². The summed E-state index contributed by atoms with van der Waals surface area (Å²) >= 11 is 0. The smallest absolute Gasteiger partial charge is 0.394 e. The van der Waals surface area contributed by atoms with E-state index in [0.717, 1.165) is 0 Å². The summed E-state index contributed by atoms with van der Waals surface area (Å²) in [5.74, 6) is 0.0704. The molecule has 0 aliphatic rings. The molecule has 10 nitrogen and oxygen atoms in total. The summed E-state index contributed by atoms with van der Waals surface area (Å²) in [6.07, 6.45) is 0.959. The number of aliphatic hydroxyl groups is 1. The lowest BCUT2D eigenvalue weighted by Crippen LogP contribution is -2.29. The molecule has 0 aliphatic carbocycles. The number of nitrogens with two attached hydrogens (primary N) is 1. The van der Waals surface area contributed by atoms with Crippen LogP contribution in [0.3, 0.4) is 0 Å². The molecule has 12 heteroatoms. The maximum Gasteiger partial charge on any atom is 0.503 e. The van der Waals surface area contributed by atoms with Crippen molar-refractivity contribution in [3.05, 3.63) is 22.7 Å². The van der Waals surface area contributed by atoms with Crippen LogP contribution in [0.1, 0.15) is 12.5 Å². The van der Waals surface area contributed by atoms with Gasteiger partial charge in [-0.1, -0.05) is 4.31 Å². The van der Waals surface area contributed by atoms with E-state index in [4.69, 9.17) is 15.4 Å². The van der Waals surface area contributed by atoms with Gasteiger partial charge in [-0.3, -0.25) is 9.13 Å². The fraction of sp³-hybridized carbons (Fsp3) is 0.556. The van der Waals surface area contributed by atoms with E-state index in [1.165, 1.54) is 16.8 Å². The van der Waals surface area contributed by atoms with Crippen molar-refractivity contribution in [1.82, 2.24) is 9.55 Å². The lowest BCUT2D eigenvalue weighted by Gasteiger charge is -2.17. The van der Waals surface area contributed by atoms with Crippen molar-refractivity contribution in [3.63, 3.8) is 0 Å². The zero-order valence-corrected chi connectivity index (χ0v) is 12.8. The van der Waals surface area contributed by atoms with E-state index < -0.39 is 34.4 Å². The van der Waals surface area contributed by atoms with E-state index in [1.807, 2.05) is 0 Å². The van der Waals surface area contributed by atoms with Gasteiger partial charge in [0.05, 0.1) is 12.6 Å².